The smallest absolute Gasteiger partial charge is 0.150 e. The lowest BCUT2D eigenvalue weighted by Gasteiger charge is -2.02. The first-order valence-electron chi connectivity index (χ1n) is 4.76. The lowest BCUT2D eigenvalue weighted by Crippen LogP contribution is -1.88. The Bertz CT molecular complexity index is 553. The molecule has 0 radical (unpaired) electrons. The van der Waals surface area contributed by atoms with Crippen LogP contribution in [0.15, 0.2) is 42.6 Å². The van der Waals surface area contributed by atoms with Gasteiger partial charge in [0.2, 0.25) is 0 Å². The first-order valence-corrected chi connectivity index (χ1v) is 4.76. The van der Waals surface area contributed by atoms with Gasteiger partial charge in [0.25, 0.3) is 0 Å². The zero-order valence-corrected chi connectivity index (χ0v) is 8.42. The van der Waals surface area contributed by atoms with Crippen LogP contribution in [-0.4, -0.2) is 11.3 Å². The molecule has 0 aliphatic carbocycles. The number of hydrogen-bond donors (Lipinski definition) is 0. The predicted molar refractivity (Wildman–Crippen MR) is 59.8 cm³/mol. The Morgan fingerprint density at radius 2 is 1.94 bits per heavy atom. The zero-order chi connectivity index (χ0) is 11.4. The number of pyridine rings is 1. The van der Waals surface area contributed by atoms with Gasteiger partial charge in [-0.05, 0) is 17.7 Å². The topological polar surface area (TPSA) is 53.8 Å². The molecule has 0 aliphatic heterocycles. The number of rotatable bonds is 2. The quantitative estimate of drug-likeness (QED) is 0.712. The van der Waals surface area contributed by atoms with E-state index in [-0.39, 0.29) is 0 Å². The van der Waals surface area contributed by atoms with Crippen molar-refractivity contribution in [1.82, 2.24) is 4.98 Å². The molecule has 1 aromatic heterocycles. The van der Waals surface area contributed by atoms with Crippen LogP contribution in [0.25, 0.3) is 11.1 Å². The molecule has 0 aliphatic rings. The normalized spacial score (nSPS) is 9.44. The van der Waals surface area contributed by atoms with Gasteiger partial charge in [-0.25, -0.2) is 4.98 Å². The molecule has 76 valence electrons. The van der Waals surface area contributed by atoms with Gasteiger partial charge in [0, 0.05) is 17.3 Å². The average molecular weight is 208 g/mol. The Hall–Kier alpha value is -2.47. The van der Waals surface area contributed by atoms with Crippen molar-refractivity contribution < 1.29 is 4.79 Å². The van der Waals surface area contributed by atoms with Crippen molar-refractivity contribution in [1.29, 1.82) is 5.26 Å². The highest BCUT2D eigenvalue weighted by molar-refractivity contribution is 5.77. The highest BCUT2D eigenvalue weighted by atomic mass is 16.1. The minimum absolute atomic E-state index is 0.390. The van der Waals surface area contributed by atoms with Crippen molar-refractivity contribution in [2.45, 2.75) is 0 Å². The van der Waals surface area contributed by atoms with E-state index in [1.807, 2.05) is 24.3 Å². The highest BCUT2D eigenvalue weighted by Crippen LogP contribution is 2.21. The van der Waals surface area contributed by atoms with Gasteiger partial charge in [-0.3, -0.25) is 4.79 Å². The second-order valence-corrected chi connectivity index (χ2v) is 3.25. The van der Waals surface area contributed by atoms with Gasteiger partial charge in [0.1, 0.15) is 18.0 Å². The number of carbonyl (C=O) groups excluding carboxylic acids is 1. The molecule has 0 fully saturated rings. The lowest BCUT2D eigenvalue weighted by atomic mass is 10.0. The summed E-state index contributed by atoms with van der Waals surface area (Å²) in [5.41, 5.74) is 2.67. The van der Waals surface area contributed by atoms with Crippen LogP contribution in [0.5, 0.6) is 0 Å². The van der Waals surface area contributed by atoms with Crippen molar-refractivity contribution in [3.8, 4) is 17.2 Å². The largest absolute Gasteiger partial charge is 0.298 e. The Kier molecular flexibility index (Phi) is 2.75. The van der Waals surface area contributed by atoms with Crippen molar-refractivity contribution >= 4 is 6.29 Å². The van der Waals surface area contributed by atoms with E-state index < -0.39 is 0 Å². The van der Waals surface area contributed by atoms with Gasteiger partial charge in [0.05, 0.1) is 0 Å². The molecule has 0 saturated heterocycles. The minimum atomic E-state index is 0.390. The van der Waals surface area contributed by atoms with Crippen LogP contribution in [0, 0.1) is 11.3 Å². The summed E-state index contributed by atoms with van der Waals surface area (Å²) < 4.78 is 0. The van der Waals surface area contributed by atoms with Gasteiger partial charge in [-0.1, -0.05) is 24.3 Å². The van der Waals surface area contributed by atoms with Gasteiger partial charge >= 0.3 is 0 Å². The Labute approximate surface area is 93.0 Å². The number of nitriles is 1. The van der Waals surface area contributed by atoms with E-state index in [1.54, 1.807) is 24.4 Å². The van der Waals surface area contributed by atoms with E-state index in [1.165, 1.54) is 0 Å². The summed E-state index contributed by atoms with van der Waals surface area (Å²) in [5.74, 6) is 0. The fourth-order valence-electron chi connectivity index (χ4n) is 1.47. The summed E-state index contributed by atoms with van der Waals surface area (Å²) >= 11 is 0. The maximum atomic E-state index is 10.5. The number of nitrogens with zero attached hydrogens (tertiary/aromatic N) is 2. The molecular formula is C13H8N2O. The molecule has 3 nitrogen and oxygen atoms in total. The first-order chi connectivity index (χ1) is 7.85. The Balaban J connectivity index is 2.51. The van der Waals surface area contributed by atoms with E-state index in [0.717, 1.165) is 17.4 Å². The van der Waals surface area contributed by atoms with Gasteiger partial charge in [-0.2, -0.15) is 5.26 Å². The SMILES string of the molecule is N#Cc1ncccc1-c1ccc(C=O)cc1. The number of hydrogen-bond acceptors (Lipinski definition) is 3. The molecule has 16 heavy (non-hydrogen) atoms. The van der Waals surface area contributed by atoms with Crippen LogP contribution in [0.2, 0.25) is 0 Å². The number of aldehydes is 1. The molecule has 0 saturated carbocycles. The third-order valence-electron chi connectivity index (χ3n) is 2.27. The van der Waals surface area contributed by atoms with Crippen LogP contribution in [-0.2, 0) is 0 Å². The van der Waals surface area contributed by atoms with Crippen LogP contribution in [0.3, 0.4) is 0 Å². The molecule has 2 aromatic rings. The molecule has 0 atom stereocenters. The van der Waals surface area contributed by atoms with E-state index in [0.29, 0.717) is 11.3 Å². The number of benzene rings is 1. The summed E-state index contributed by atoms with van der Waals surface area (Å²) in [7, 11) is 0. The van der Waals surface area contributed by atoms with Crippen molar-refractivity contribution in [2.24, 2.45) is 0 Å². The standard InChI is InChI=1S/C13H8N2O/c14-8-13-12(2-1-7-15-13)11-5-3-10(9-16)4-6-11/h1-7,9H. The third-order valence-corrected chi connectivity index (χ3v) is 2.27. The molecule has 0 N–H and O–H groups in total. The molecule has 0 spiro atoms. The first kappa shape index (κ1) is 10.1. The van der Waals surface area contributed by atoms with E-state index in [2.05, 4.69) is 4.98 Å². The summed E-state index contributed by atoms with van der Waals surface area (Å²) in [5, 5.41) is 8.91. The lowest BCUT2D eigenvalue weighted by molar-refractivity contribution is 0.112. The molecular weight excluding hydrogens is 200 g/mol. The fourth-order valence-corrected chi connectivity index (χ4v) is 1.47. The Morgan fingerprint density at radius 1 is 1.19 bits per heavy atom. The van der Waals surface area contributed by atoms with Crippen LogP contribution >= 0.6 is 0 Å². The van der Waals surface area contributed by atoms with Crippen LogP contribution in [0.4, 0.5) is 0 Å². The molecule has 0 unspecified atom stereocenters. The highest BCUT2D eigenvalue weighted by Gasteiger charge is 2.04. The summed E-state index contributed by atoms with van der Waals surface area (Å²) in [6.45, 7) is 0. The number of carbonyl (C=O) groups is 1. The molecule has 0 bridgehead atoms. The van der Waals surface area contributed by atoms with Crippen molar-refractivity contribution in [3.63, 3.8) is 0 Å². The molecule has 3 heteroatoms. The summed E-state index contributed by atoms with van der Waals surface area (Å²) in [4.78, 5) is 14.5. The van der Waals surface area contributed by atoms with Gasteiger partial charge < -0.3 is 0 Å². The zero-order valence-electron chi connectivity index (χ0n) is 8.42. The maximum Gasteiger partial charge on any atom is 0.150 e. The second kappa shape index (κ2) is 4.37. The second-order valence-electron chi connectivity index (χ2n) is 3.25. The number of aromatic nitrogens is 1. The van der Waals surface area contributed by atoms with Gasteiger partial charge in [-0.15, -0.1) is 0 Å². The van der Waals surface area contributed by atoms with E-state index in [4.69, 9.17) is 5.26 Å². The van der Waals surface area contributed by atoms with Crippen LogP contribution < -0.4 is 0 Å². The van der Waals surface area contributed by atoms with Gasteiger partial charge in [0.15, 0.2) is 0 Å². The summed E-state index contributed by atoms with van der Waals surface area (Å²) in [6.07, 6.45) is 2.38. The molecule has 1 heterocycles. The predicted octanol–water partition coefficient (Wildman–Crippen LogP) is 2.43. The summed E-state index contributed by atoms with van der Waals surface area (Å²) in [6, 6.07) is 12.7. The van der Waals surface area contributed by atoms with Crippen molar-refractivity contribution in [2.75, 3.05) is 0 Å². The Morgan fingerprint density at radius 3 is 2.56 bits per heavy atom. The molecule has 2 rings (SSSR count). The average Bonchev–Trinajstić information content (AvgIpc) is 2.39. The van der Waals surface area contributed by atoms with E-state index in [9.17, 15) is 4.79 Å². The van der Waals surface area contributed by atoms with Crippen LogP contribution in [0.1, 0.15) is 16.1 Å². The fraction of sp³-hybridized carbons (Fsp3) is 0. The monoisotopic (exact) mass is 208 g/mol. The molecule has 0 amide bonds. The third kappa shape index (κ3) is 1.82. The van der Waals surface area contributed by atoms with Crippen molar-refractivity contribution in [3.05, 3.63) is 53.9 Å². The minimum Gasteiger partial charge on any atom is -0.298 e. The molecule has 1 aromatic carbocycles. The van der Waals surface area contributed by atoms with E-state index >= 15 is 0 Å². The maximum absolute atomic E-state index is 10.5.